The molecule has 17 heavy (non-hydrogen) atoms. The van der Waals surface area contributed by atoms with E-state index in [1.165, 1.54) is 7.11 Å². The Labute approximate surface area is 100 Å². The van der Waals surface area contributed by atoms with Crippen LogP contribution in [0, 0.1) is 5.41 Å². The highest BCUT2D eigenvalue weighted by molar-refractivity contribution is 5.89. The molecule has 3 atom stereocenters. The zero-order valence-corrected chi connectivity index (χ0v) is 10.6. The molecule has 0 saturated carbocycles. The summed E-state index contributed by atoms with van der Waals surface area (Å²) in [7, 11) is 1.40. The molecule has 2 N–H and O–H groups in total. The Kier molecular flexibility index (Phi) is 4.57. The largest absolute Gasteiger partial charge is 0.364 e. The van der Waals surface area contributed by atoms with Gasteiger partial charge in [-0.05, 0) is 0 Å². The molecular weight excluding hydrogens is 230 g/mol. The zero-order chi connectivity index (χ0) is 13.2. The topological polar surface area (TPSA) is 50.4 Å². The summed E-state index contributed by atoms with van der Waals surface area (Å²) in [5.41, 5.74) is -0.534. The number of hydrogen-bond acceptors (Lipinski definition) is 4. The van der Waals surface area contributed by atoms with Crippen LogP contribution in [0.1, 0.15) is 20.8 Å². The predicted molar refractivity (Wildman–Crippen MR) is 60.0 cm³/mol. The van der Waals surface area contributed by atoms with Crippen LogP contribution >= 0.6 is 0 Å². The van der Waals surface area contributed by atoms with Crippen LogP contribution in [0.15, 0.2) is 0 Å². The second kappa shape index (κ2) is 5.37. The number of ketones is 1. The molecule has 1 saturated heterocycles. The summed E-state index contributed by atoms with van der Waals surface area (Å²) in [6.45, 7) is 5.44. The number of carbonyl (C=O) groups excluding carboxylic acids is 1. The fourth-order valence-electron chi connectivity index (χ4n) is 1.79. The number of methoxy groups -OCH3 is 1. The average Bonchev–Trinajstić information content (AvgIpc) is 2.25. The summed E-state index contributed by atoms with van der Waals surface area (Å²) in [6, 6.07) is -1.57. The second-order valence-corrected chi connectivity index (χ2v) is 5.26. The molecule has 100 valence electrons. The lowest BCUT2D eigenvalue weighted by Crippen LogP contribution is -2.67. The number of nitrogens with one attached hydrogen (secondary N) is 2. The molecule has 6 heteroatoms. The van der Waals surface area contributed by atoms with E-state index in [1.54, 1.807) is 20.8 Å². The van der Waals surface area contributed by atoms with Crippen molar-refractivity contribution in [3.8, 4) is 0 Å². The van der Waals surface area contributed by atoms with Crippen LogP contribution in [0.3, 0.4) is 0 Å². The third-order valence-corrected chi connectivity index (χ3v) is 2.82. The molecule has 1 fully saturated rings. The third-order valence-electron chi connectivity index (χ3n) is 2.82. The van der Waals surface area contributed by atoms with Gasteiger partial charge in [-0.15, -0.1) is 0 Å². The van der Waals surface area contributed by atoms with Crippen molar-refractivity contribution in [2.75, 3.05) is 13.7 Å². The monoisotopic (exact) mass is 250 g/mol. The van der Waals surface area contributed by atoms with Gasteiger partial charge >= 0.3 is 0 Å². The Balaban J connectivity index is 2.73. The van der Waals surface area contributed by atoms with E-state index in [0.29, 0.717) is 0 Å². The first-order valence-corrected chi connectivity index (χ1v) is 5.62. The molecule has 0 radical (unpaired) electrons. The SMILES string of the molecule is COC1NC(C(F)F)CNC1C(=O)C(C)(C)C. The first-order chi connectivity index (χ1) is 7.77. The van der Waals surface area contributed by atoms with Gasteiger partial charge in [-0.1, -0.05) is 20.8 Å². The highest BCUT2D eigenvalue weighted by Crippen LogP contribution is 2.20. The van der Waals surface area contributed by atoms with E-state index in [9.17, 15) is 13.6 Å². The molecule has 1 aliphatic rings. The normalized spacial score (nSPS) is 30.6. The first kappa shape index (κ1) is 14.5. The fraction of sp³-hybridized carbons (Fsp3) is 0.909. The number of hydrogen-bond donors (Lipinski definition) is 2. The minimum atomic E-state index is -2.48. The van der Waals surface area contributed by atoms with Gasteiger partial charge in [-0.25, -0.2) is 8.78 Å². The average molecular weight is 250 g/mol. The van der Waals surface area contributed by atoms with Gasteiger partial charge in [0, 0.05) is 19.1 Å². The van der Waals surface area contributed by atoms with Crippen LogP contribution in [0.5, 0.6) is 0 Å². The lowest BCUT2D eigenvalue weighted by molar-refractivity contribution is -0.135. The van der Waals surface area contributed by atoms with Gasteiger partial charge < -0.3 is 10.1 Å². The molecule has 0 aromatic heterocycles. The first-order valence-electron chi connectivity index (χ1n) is 5.62. The quantitative estimate of drug-likeness (QED) is 0.777. The van der Waals surface area contributed by atoms with Crippen molar-refractivity contribution in [3.05, 3.63) is 0 Å². The Morgan fingerprint density at radius 3 is 2.41 bits per heavy atom. The summed E-state index contributed by atoms with van der Waals surface area (Å²) in [6.07, 6.45) is -3.19. The van der Waals surface area contributed by atoms with E-state index in [4.69, 9.17) is 4.74 Å². The maximum atomic E-state index is 12.5. The number of ether oxygens (including phenoxy) is 1. The Morgan fingerprint density at radius 2 is 2.00 bits per heavy atom. The summed E-state index contributed by atoms with van der Waals surface area (Å²) in [5.74, 6) is -0.0513. The van der Waals surface area contributed by atoms with E-state index in [1.807, 2.05) is 0 Å². The van der Waals surface area contributed by atoms with Gasteiger partial charge in [-0.3, -0.25) is 10.1 Å². The number of Topliss-reactive ketones (excluding diaryl/α,β-unsaturated/α-hetero) is 1. The van der Waals surface area contributed by atoms with Gasteiger partial charge in [0.2, 0.25) is 0 Å². The van der Waals surface area contributed by atoms with E-state index in [2.05, 4.69) is 10.6 Å². The molecule has 1 rings (SSSR count). The Hall–Kier alpha value is -0.590. The molecule has 3 unspecified atom stereocenters. The summed E-state index contributed by atoms with van der Waals surface area (Å²) < 4.78 is 30.2. The van der Waals surface area contributed by atoms with Crippen molar-refractivity contribution in [2.24, 2.45) is 5.41 Å². The Bertz CT molecular complexity index is 279. The molecule has 0 aliphatic carbocycles. The summed E-state index contributed by atoms with van der Waals surface area (Å²) >= 11 is 0. The van der Waals surface area contributed by atoms with E-state index in [-0.39, 0.29) is 12.3 Å². The van der Waals surface area contributed by atoms with Crippen molar-refractivity contribution in [3.63, 3.8) is 0 Å². The van der Waals surface area contributed by atoms with Crippen molar-refractivity contribution >= 4 is 5.78 Å². The van der Waals surface area contributed by atoms with Crippen molar-refractivity contribution in [2.45, 2.75) is 45.5 Å². The molecule has 4 nitrogen and oxygen atoms in total. The maximum absolute atomic E-state index is 12.5. The molecular formula is C11H20F2N2O2. The van der Waals surface area contributed by atoms with Crippen molar-refractivity contribution < 1.29 is 18.3 Å². The van der Waals surface area contributed by atoms with Crippen LogP contribution in [0.2, 0.25) is 0 Å². The van der Waals surface area contributed by atoms with Crippen molar-refractivity contribution in [1.29, 1.82) is 0 Å². The van der Waals surface area contributed by atoms with Gasteiger partial charge in [0.25, 0.3) is 6.43 Å². The molecule has 0 amide bonds. The zero-order valence-electron chi connectivity index (χ0n) is 10.6. The summed E-state index contributed by atoms with van der Waals surface area (Å²) in [4.78, 5) is 12.1. The standard InChI is InChI=1S/C11H20F2N2O2/c1-11(2,3)8(16)7-10(17-4)15-6(5-14-7)9(12)13/h6-7,9-10,14-15H,5H2,1-4H3. The van der Waals surface area contributed by atoms with Gasteiger partial charge in [0.05, 0.1) is 6.04 Å². The fourth-order valence-corrected chi connectivity index (χ4v) is 1.79. The number of alkyl halides is 2. The smallest absolute Gasteiger partial charge is 0.255 e. The molecule has 0 aromatic carbocycles. The van der Waals surface area contributed by atoms with E-state index < -0.39 is 30.2 Å². The number of carbonyl (C=O) groups is 1. The van der Waals surface area contributed by atoms with E-state index in [0.717, 1.165) is 0 Å². The van der Waals surface area contributed by atoms with Crippen LogP contribution < -0.4 is 10.6 Å². The number of halogens is 2. The minimum Gasteiger partial charge on any atom is -0.364 e. The highest BCUT2D eigenvalue weighted by atomic mass is 19.3. The van der Waals surface area contributed by atoms with Gasteiger partial charge in [-0.2, -0.15) is 0 Å². The van der Waals surface area contributed by atoms with Crippen LogP contribution in [-0.4, -0.2) is 44.2 Å². The lowest BCUT2D eigenvalue weighted by Gasteiger charge is -2.38. The minimum absolute atomic E-state index is 0.0513. The predicted octanol–water partition coefficient (Wildman–Crippen LogP) is 0.769. The molecule has 1 aliphatic heterocycles. The Morgan fingerprint density at radius 1 is 1.41 bits per heavy atom. The second-order valence-electron chi connectivity index (χ2n) is 5.26. The summed E-state index contributed by atoms with van der Waals surface area (Å²) in [5, 5.41) is 5.49. The molecule has 0 spiro atoms. The third kappa shape index (κ3) is 3.43. The highest BCUT2D eigenvalue weighted by Gasteiger charge is 2.40. The van der Waals surface area contributed by atoms with Gasteiger partial charge in [0.1, 0.15) is 12.3 Å². The molecule has 0 bridgehead atoms. The van der Waals surface area contributed by atoms with Crippen LogP contribution in [0.25, 0.3) is 0 Å². The molecule has 0 aromatic rings. The van der Waals surface area contributed by atoms with Crippen LogP contribution in [-0.2, 0) is 9.53 Å². The van der Waals surface area contributed by atoms with E-state index >= 15 is 0 Å². The maximum Gasteiger partial charge on any atom is 0.255 e. The number of rotatable bonds is 3. The number of piperazine rings is 1. The lowest BCUT2D eigenvalue weighted by atomic mass is 9.85. The molecule has 1 heterocycles. The van der Waals surface area contributed by atoms with Crippen LogP contribution in [0.4, 0.5) is 8.78 Å². The van der Waals surface area contributed by atoms with Gasteiger partial charge in [0.15, 0.2) is 5.78 Å². The van der Waals surface area contributed by atoms with Crippen molar-refractivity contribution in [1.82, 2.24) is 10.6 Å².